The van der Waals surface area contributed by atoms with Crippen LogP contribution in [0.15, 0.2) is 24.5 Å². The van der Waals surface area contributed by atoms with Gasteiger partial charge in [-0.15, -0.1) is 0 Å². The van der Waals surface area contributed by atoms with Gasteiger partial charge < -0.3 is 0 Å². The molecule has 1 aliphatic rings. The van der Waals surface area contributed by atoms with E-state index >= 15 is 0 Å². The molecule has 2 heterocycles. The van der Waals surface area contributed by atoms with Crippen LogP contribution < -0.4 is 0 Å². The second-order valence-electron chi connectivity index (χ2n) is 4.83. The predicted molar refractivity (Wildman–Crippen MR) is 62.6 cm³/mol. The third-order valence-corrected chi connectivity index (χ3v) is 3.05. The van der Waals surface area contributed by atoms with Crippen molar-refractivity contribution < 1.29 is 0 Å². The molecule has 0 saturated carbocycles. The average molecular weight is 204 g/mol. The van der Waals surface area contributed by atoms with E-state index in [1.165, 1.54) is 31.5 Å². The van der Waals surface area contributed by atoms with Crippen LogP contribution in [0.3, 0.4) is 0 Å². The maximum absolute atomic E-state index is 4.08. The molecule has 82 valence electrons. The summed E-state index contributed by atoms with van der Waals surface area (Å²) < 4.78 is 0. The Morgan fingerprint density at radius 3 is 2.80 bits per heavy atom. The molecule has 0 spiro atoms. The van der Waals surface area contributed by atoms with Crippen LogP contribution in [0.5, 0.6) is 0 Å². The molecular weight excluding hydrogens is 184 g/mol. The van der Waals surface area contributed by atoms with E-state index in [1.807, 2.05) is 12.4 Å². The molecule has 2 rings (SSSR count). The lowest BCUT2D eigenvalue weighted by Gasteiger charge is -2.26. The second kappa shape index (κ2) is 4.75. The highest BCUT2D eigenvalue weighted by molar-refractivity contribution is 5.16. The summed E-state index contributed by atoms with van der Waals surface area (Å²) in [6.07, 6.45) is 6.44. The zero-order valence-corrected chi connectivity index (χ0v) is 9.69. The van der Waals surface area contributed by atoms with Crippen LogP contribution in [-0.2, 0) is 0 Å². The van der Waals surface area contributed by atoms with Crippen LogP contribution in [0, 0.1) is 5.92 Å². The standard InChI is InChI=1S/C13H20N2/c1-11(2)10-15-9-3-4-13(15)12-5-7-14-8-6-12/h5-8,11,13H,3-4,9-10H2,1-2H3/t13-/m1/s1. The maximum Gasteiger partial charge on any atom is 0.0349 e. The van der Waals surface area contributed by atoms with Crippen LogP contribution >= 0.6 is 0 Å². The molecule has 1 saturated heterocycles. The predicted octanol–water partition coefficient (Wildman–Crippen LogP) is 2.87. The van der Waals surface area contributed by atoms with E-state index in [1.54, 1.807) is 0 Å². The smallest absolute Gasteiger partial charge is 0.0349 e. The lowest BCUT2D eigenvalue weighted by Crippen LogP contribution is -2.27. The summed E-state index contributed by atoms with van der Waals surface area (Å²) in [5.74, 6) is 0.757. The van der Waals surface area contributed by atoms with Gasteiger partial charge in [0.1, 0.15) is 0 Å². The van der Waals surface area contributed by atoms with E-state index in [9.17, 15) is 0 Å². The van der Waals surface area contributed by atoms with Crippen molar-refractivity contribution in [2.24, 2.45) is 5.92 Å². The summed E-state index contributed by atoms with van der Waals surface area (Å²) in [6, 6.07) is 4.95. The van der Waals surface area contributed by atoms with Crippen LogP contribution in [0.2, 0.25) is 0 Å². The number of rotatable bonds is 3. The van der Waals surface area contributed by atoms with Gasteiger partial charge in [-0.1, -0.05) is 13.8 Å². The molecule has 0 bridgehead atoms. The molecular formula is C13H20N2. The van der Waals surface area contributed by atoms with Crippen molar-refractivity contribution in [1.82, 2.24) is 9.88 Å². The monoisotopic (exact) mass is 204 g/mol. The molecule has 2 nitrogen and oxygen atoms in total. The summed E-state index contributed by atoms with van der Waals surface area (Å²) in [6.45, 7) is 7.06. The molecule has 2 heteroatoms. The van der Waals surface area contributed by atoms with E-state index in [2.05, 4.69) is 35.9 Å². The van der Waals surface area contributed by atoms with Crippen LogP contribution in [0.25, 0.3) is 0 Å². The summed E-state index contributed by atoms with van der Waals surface area (Å²) in [4.78, 5) is 6.70. The van der Waals surface area contributed by atoms with Gasteiger partial charge in [0.15, 0.2) is 0 Å². The van der Waals surface area contributed by atoms with Crippen molar-refractivity contribution in [3.8, 4) is 0 Å². The molecule has 1 fully saturated rings. The average Bonchev–Trinajstić information content (AvgIpc) is 2.66. The fourth-order valence-corrected chi connectivity index (χ4v) is 2.48. The minimum Gasteiger partial charge on any atom is -0.296 e. The molecule has 0 aliphatic carbocycles. The first kappa shape index (κ1) is 10.6. The van der Waals surface area contributed by atoms with Crippen molar-refractivity contribution in [2.75, 3.05) is 13.1 Å². The van der Waals surface area contributed by atoms with Crippen LogP contribution in [0.4, 0.5) is 0 Å². The lowest BCUT2D eigenvalue weighted by atomic mass is 10.1. The van der Waals surface area contributed by atoms with Crippen molar-refractivity contribution in [2.45, 2.75) is 32.7 Å². The third kappa shape index (κ3) is 2.57. The van der Waals surface area contributed by atoms with Crippen molar-refractivity contribution in [3.05, 3.63) is 30.1 Å². The minimum absolute atomic E-state index is 0.635. The van der Waals surface area contributed by atoms with E-state index < -0.39 is 0 Å². The highest BCUT2D eigenvalue weighted by atomic mass is 15.2. The number of hydrogen-bond donors (Lipinski definition) is 0. The maximum atomic E-state index is 4.08. The Morgan fingerprint density at radius 2 is 2.13 bits per heavy atom. The summed E-state index contributed by atoms with van der Waals surface area (Å²) in [7, 11) is 0. The van der Waals surface area contributed by atoms with Gasteiger partial charge in [0.25, 0.3) is 0 Å². The summed E-state index contributed by atoms with van der Waals surface area (Å²) in [5, 5.41) is 0. The quantitative estimate of drug-likeness (QED) is 0.752. The Balaban J connectivity index is 2.08. The highest BCUT2D eigenvalue weighted by Crippen LogP contribution is 2.31. The van der Waals surface area contributed by atoms with Gasteiger partial charge in [0.2, 0.25) is 0 Å². The first-order valence-electron chi connectivity index (χ1n) is 5.91. The van der Waals surface area contributed by atoms with Gasteiger partial charge in [0.05, 0.1) is 0 Å². The van der Waals surface area contributed by atoms with Gasteiger partial charge >= 0.3 is 0 Å². The number of pyridine rings is 1. The largest absolute Gasteiger partial charge is 0.296 e. The minimum atomic E-state index is 0.635. The Hall–Kier alpha value is -0.890. The Bertz CT molecular complexity index is 295. The molecule has 1 aliphatic heterocycles. The van der Waals surface area contributed by atoms with E-state index in [0.717, 1.165) is 5.92 Å². The first-order valence-corrected chi connectivity index (χ1v) is 5.91. The zero-order chi connectivity index (χ0) is 10.7. The Morgan fingerprint density at radius 1 is 1.40 bits per heavy atom. The zero-order valence-electron chi connectivity index (χ0n) is 9.69. The number of likely N-dealkylation sites (tertiary alicyclic amines) is 1. The Labute approximate surface area is 92.3 Å². The molecule has 0 amide bonds. The molecule has 0 N–H and O–H groups in total. The van der Waals surface area contributed by atoms with Crippen molar-refractivity contribution in [1.29, 1.82) is 0 Å². The fraction of sp³-hybridized carbons (Fsp3) is 0.615. The van der Waals surface area contributed by atoms with Crippen LogP contribution in [0.1, 0.15) is 38.3 Å². The molecule has 0 aromatic carbocycles. The molecule has 1 atom stereocenters. The highest BCUT2D eigenvalue weighted by Gasteiger charge is 2.25. The van der Waals surface area contributed by atoms with Gasteiger partial charge in [-0.25, -0.2) is 0 Å². The van der Waals surface area contributed by atoms with E-state index in [-0.39, 0.29) is 0 Å². The Kier molecular flexibility index (Phi) is 3.37. The van der Waals surface area contributed by atoms with Gasteiger partial charge in [-0.05, 0) is 43.0 Å². The van der Waals surface area contributed by atoms with Gasteiger partial charge in [0, 0.05) is 25.0 Å². The fourth-order valence-electron chi connectivity index (χ4n) is 2.48. The topological polar surface area (TPSA) is 16.1 Å². The molecule has 1 aromatic rings. The number of aromatic nitrogens is 1. The SMILES string of the molecule is CC(C)CN1CCC[C@@H]1c1ccncc1. The molecule has 1 aromatic heterocycles. The third-order valence-electron chi connectivity index (χ3n) is 3.05. The van der Waals surface area contributed by atoms with Crippen molar-refractivity contribution >= 4 is 0 Å². The second-order valence-corrected chi connectivity index (χ2v) is 4.83. The summed E-state index contributed by atoms with van der Waals surface area (Å²) >= 11 is 0. The van der Waals surface area contributed by atoms with E-state index in [0.29, 0.717) is 6.04 Å². The van der Waals surface area contributed by atoms with Gasteiger partial charge in [-0.3, -0.25) is 9.88 Å². The molecule has 15 heavy (non-hydrogen) atoms. The van der Waals surface area contributed by atoms with E-state index in [4.69, 9.17) is 0 Å². The number of nitrogens with zero attached hydrogens (tertiary/aromatic N) is 2. The lowest BCUT2D eigenvalue weighted by molar-refractivity contribution is 0.229. The summed E-state index contributed by atoms with van der Waals surface area (Å²) in [5.41, 5.74) is 1.43. The van der Waals surface area contributed by atoms with Crippen molar-refractivity contribution in [3.63, 3.8) is 0 Å². The first-order chi connectivity index (χ1) is 7.27. The normalized spacial score (nSPS) is 22.5. The number of hydrogen-bond acceptors (Lipinski definition) is 2. The van der Waals surface area contributed by atoms with Gasteiger partial charge in [-0.2, -0.15) is 0 Å². The molecule has 0 radical (unpaired) electrons. The molecule has 0 unspecified atom stereocenters. The van der Waals surface area contributed by atoms with Crippen LogP contribution in [-0.4, -0.2) is 23.0 Å².